The number of rotatable bonds is 2. The summed E-state index contributed by atoms with van der Waals surface area (Å²) in [6.45, 7) is 3.97. The van der Waals surface area contributed by atoms with Gasteiger partial charge in [0.25, 0.3) is 0 Å². The van der Waals surface area contributed by atoms with Gasteiger partial charge in [-0.2, -0.15) is 0 Å². The zero-order valence-electron chi connectivity index (χ0n) is 6.72. The molecule has 0 aliphatic heterocycles. The van der Waals surface area contributed by atoms with Crippen molar-refractivity contribution in [1.29, 1.82) is 0 Å². The van der Waals surface area contributed by atoms with Crippen LogP contribution in [0.25, 0.3) is 0 Å². The van der Waals surface area contributed by atoms with Gasteiger partial charge < -0.3 is 11.5 Å². The van der Waals surface area contributed by atoms with E-state index in [9.17, 15) is 0 Å². The average molecular weight is 142 g/mol. The van der Waals surface area contributed by atoms with Crippen molar-refractivity contribution in [1.82, 2.24) is 0 Å². The van der Waals surface area contributed by atoms with Crippen LogP contribution in [0.15, 0.2) is 0 Å². The van der Waals surface area contributed by atoms with Crippen LogP contribution in [-0.4, -0.2) is 13.1 Å². The molecule has 0 aromatic carbocycles. The maximum Gasteiger partial charge on any atom is -0.00462 e. The molecule has 0 aromatic heterocycles. The second kappa shape index (κ2) is 3.35. The maximum atomic E-state index is 5.60. The first-order valence-electron chi connectivity index (χ1n) is 4.19. The Kier molecular flexibility index (Phi) is 2.69. The first-order chi connectivity index (χ1) is 4.79. The molecule has 1 fully saturated rings. The molecule has 60 valence electrons. The fraction of sp³-hybridized carbons (Fsp3) is 1.00. The van der Waals surface area contributed by atoms with Crippen LogP contribution >= 0.6 is 0 Å². The fourth-order valence-electron chi connectivity index (χ4n) is 2.00. The summed E-state index contributed by atoms with van der Waals surface area (Å²) in [5.41, 5.74) is 11.2. The van der Waals surface area contributed by atoms with E-state index in [0.717, 1.165) is 30.8 Å². The highest BCUT2D eigenvalue weighted by Gasteiger charge is 2.30. The zero-order valence-corrected chi connectivity index (χ0v) is 6.72. The Morgan fingerprint density at radius 3 is 1.70 bits per heavy atom. The molecular weight excluding hydrogens is 124 g/mol. The summed E-state index contributed by atoms with van der Waals surface area (Å²) >= 11 is 0. The molecule has 0 heterocycles. The summed E-state index contributed by atoms with van der Waals surface area (Å²) in [4.78, 5) is 0. The molecule has 4 N–H and O–H groups in total. The highest BCUT2D eigenvalue weighted by atomic mass is 14.6. The van der Waals surface area contributed by atoms with E-state index in [2.05, 4.69) is 6.92 Å². The van der Waals surface area contributed by atoms with E-state index in [4.69, 9.17) is 11.5 Å². The lowest BCUT2D eigenvalue weighted by Crippen LogP contribution is -2.23. The van der Waals surface area contributed by atoms with Crippen molar-refractivity contribution < 1.29 is 0 Å². The Bertz CT molecular complexity index is 91.4. The van der Waals surface area contributed by atoms with Crippen LogP contribution in [0.1, 0.15) is 19.8 Å². The molecule has 0 amide bonds. The van der Waals surface area contributed by atoms with E-state index in [-0.39, 0.29) is 0 Å². The van der Waals surface area contributed by atoms with Crippen LogP contribution in [0, 0.1) is 17.8 Å². The van der Waals surface area contributed by atoms with Gasteiger partial charge in [0, 0.05) is 0 Å². The molecule has 1 saturated carbocycles. The summed E-state index contributed by atoms with van der Waals surface area (Å²) in [7, 11) is 0. The molecule has 2 heteroatoms. The van der Waals surface area contributed by atoms with E-state index in [1.807, 2.05) is 0 Å². The van der Waals surface area contributed by atoms with Crippen molar-refractivity contribution >= 4 is 0 Å². The summed E-state index contributed by atoms with van der Waals surface area (Å²) in [6, 6.07) is 0. The molecule has 2 atom stereocenters. The SMILES string of the molecule is CC1C(CN)CCC1CN. The molecule has 0 saturated heterocycles. The molecule has 0 aromatic rings. The Morgan fingerprint density at radius 2 is 1.50 bits per heavy atom. The van der Waals surface area contributed by atoms with Gasteiger partial charge in [-0.3, -0.25) is 0 Å². The van der Waals surface area contributed by atoms with Gasteiger partial charge in [-0.15, -0.1) is 0 Å². The normalized spacial score (nSPS) is 40.5. The fourth-order valence-corrected chi connectivity index (χ4v) is 2.00. The topological polar surface area (TPSA) is 52.0 Å². The van der Waals surface area contributed by atoms with Gasteiger partial charge in [-0.05, 0) is 43.7 Å². The van der Waals surface area contributed by atoms with Crippen LogP contribution in [0.5, 0.6) is 0 Å². The van der Waals surface area contributed by atoms with Crippen molar-refractivity contribution in [2.75, 3.05) is 13.1 Å². The smallest absolute Gasteiger partial charge is 0.00462 e. The molecule has 1 aliphatic rings. The third kappa shape index (κ3) is 1.32. The highest BCUT2D eigenvalue weighted by molar-refractivity contribution is 4.82. The Labute approximate surface area is 63.0 Å². The summed E-state index contributed by atoms with van der Waals surface area (Å²) < 4.78 is 0. The van der Waals surface area contributed by atoms with Crippen molar-refractivity contribution in [3.8, 4) is 0 Å². The lowest BCUT2D eigenvalue weighted by atomic mass is 9.92. The minimum atomic E-state index is 0.744. The molecule has 2 unspecified atom stereocenters. The standard InChI is InChI=1S/C8H18N2/c1-6-7(4-9)2-3-8(6)5-10/h6-8H,2-5,9-10H2,1H3. The molecule has 0 bridgehead atoms. The second-order valence-corrected chi connectivity index (χ2v) is 3.43. The van der Waals surface area contributed by atoms with E-state index in [1.54, 1.807) is 0 Å². The van der Waals surface area contributed by atoms with Crippen molar-refractivity contribution in [2.45, 2.75) is 19.8 Å². The zero-order chi connectivity index (χ0) is 7.56. The largest absolute Gasteiger partial charge is 0.330 e. The molecule has 1 rings (SSSR count). The average Bonchev–Trinajstić information content (AvgIpc) is 2.30. The van der Waals surface area contributed by atoms with E-state index >= 15 is 0 Å². The van der Waals surface area contributed by atoms with Gasteiger partial charge in [0.2, 0.25) is 0 Å². The summed E-state index contributed by atoms with van der Waals surface area (Å²) in [6.07, 6.45) is 2.58. The van der Waals surface area contributed by atoms with Crippen molar-refractivity contribution in [3.63, 3.8) is 0 Å². The van der Waals surface area contributed by atoms with Gasteiger partial charge in [-0.25, -0.2) is 0 Å². The lowest BCUT2D eigenvalue weighted by Gasteiger charge is -2.17. The molecule has 10 heavy (non-hydrogen) atoms. The molecule has 0 radical (unpaired) electrons. The van der Waals surface area contributed by atoms with Gasteiger partial charge in [0.1, 0.15) is 0 Å². The Morgan fingerprint density at radius 1 is 1.10 bits per heavy atom. The van der Waals surface area contributed by atoms with Gasteiger partial charge in [0.05, 0.1) is 0 Å². The van der Waals surface area contributed by atoms with Gasteiger partial charge in [-0.1, -0.05) is 6.92 Å². The van der Waals surface area contributed by atoms with E-state index in [1.165, 1.54) is 12.8 Å². The number of hydrogen-bond donors (Lipinski definition) is 2. The summed E-state index contributed by atoms with van der Waals surface area (Å²) in [5, 5.41) is 0. The maximum absolute atomic E-state index is 5.60. The van der Waals surface area contributed by atoms with Crippen LogP contribution in [0.4, 0.5) is 0 Å². The van der Waals surface area contributed by atoms with Crippen LogP contribution in [0.2, 0.25) is 0 Å². The molecular formula is C8H18N2. The second-order valence-electron chi connectivity index (χ2n) is 3.43. The summed E-state index contributed by atoms with van der Waals surface area (Å²) in [5.74, 6) is 2.25. The third-order valence-corrected chi connectivity index (χ3v) is 3.00. The van der Waals surface area contributed by atoms with Gasteiger partial charge >= 0.3 is 0 Å². The Hall–Kier alpha value is -0.0800. The van der Waals surface area contributed by atoms with E-state index < -0.39 is 0 Å². The van der Waals surface area contributed by atoms with Crippen molar-refractivity contribution in [2.24, 2.45) is 29.2 Å². The predicted octanol–water partition coefficient (Wildman–Crippen LogP) is 0.566. The van der Waals surface area contributed by atoms with E-state index in [0.29, 0.717) is 0 Å². The Balaban J connectivity index is 2.41. The number of hydrogen-bond acceptors (Lipinski definition) is 2. The third-order valence-electron chi connectivity index (χ3n) is 3.00. The lowest BCUT2D eigenvalue weighted by molar-refractivity contribution is 0.350. The monoisotopic (exact) mass is 142 g/mol. The van der Waals surface area contributed by atoms with Crippen molar-refractivity contribution in [3.05, 3.63) is 0 Å². The highest BCUT2D eigenvalue weighted by Crippen LogP contribution is 2.35. The minimum absolute atomic E-state index is 0.744. The van der Waals surface area contributed by atoms with Crippen LogP contribution < -0.4 is 11.5 Å². The first-order valence-corrected chi connectivity index (χ1v) is 4.19. The number of nitrogens with two attached hydrogens (primary N) is 2. The van der Waals surface area contributed by atoms with Gasteiger partial charge in [0.15, 0.2) is 0 Å². The van der Waals surface area contributed by atoms with Crippen LogP contribution in [0.3, 0.4) is 0 Å². The first kappa shape index (κ1) is 8.02. The van der Waals surface area contributed by atoms with Crippen LogP contribution in [-0.2, 0) is 0 Å². The molecule has 1 aliphatic carbocycles. The molecule has 2 nitrogen and oxygen atoms in total. The predicted molar refractivity (Wildman–Crippen MR) is 43.5 cm³/mol. The minimum Gasteiger partial charge on any atom is -0.330 e. The quantitative estimate of drug-likeness (QED) is 0.592. The molecule has 0 spiro atoms.